The Labute approximate surface area is 197 Å². The van der Waals surface area contributed by atoms with E-state index in [1.54, 1.807) is 12.4 Å². The van der Waals surface area contributed by atoms with Crippen molar-refractivity contribution in [2.75, 3.05) is 0 Å². The van der Waals surface area contributed by atoms with E-state index in [1.165, 1.54) is 0 Å². The van der Waals surface area contributed by atoms with Crippen molar-refractivity contribution in [1.29, 1.82) is 0 Å². The Morgan fingerprint density at radius 3 is 1.76 bits per heavy atom. The number of nitrogens with two attached hydrogens (primary N) is 1. The Bertz CT molecular complexity index is 1320. The minimum atomic E-state index is -0.738. The number of oxime groups is 1. The van der Waals surface area contributed by atoms with Gasteiger partial charge in [0.25, 0.3) is 0 Å². The number of hydrogen-bond donors (Lipinski definition) is 2. The molecule has 0 radical (unpaired) electrons. The molecule has 0 amide bonds. The van der Waals surface area contributed by atoms with Crippen LogP contribution >= 0.6 is 0 Å². The van der Waals surface area contributed by atoms with Crippen LogP contribution in [0.3, 0.4) is 0 Å². The number of nitrogens with zero attached hydrogens (tertiary/aromatic N) is 4. The summed E-state index contributed by atoms with van der Waals surface area (Å²) in [4.78, 5) is 4.66. The van der Waals surface area contributed by atoms with Crippen LogP contribution in [-0.2, 0) is 5.54 Å². The van der Waals surface area contributed by atoms with E-state index in [4.69, 9.17) is 16.0 Å². The minimum absolute atomic E-state index is 0.0356. The number of rotatable bonds is 6. The minimum Gasteiger partial charge on any atom is -0.409 e. The van der Waals surface area contributed by atoms with E-state index in [9.17, 15) is 0 Å². The van der Waals surface area contributed by atoms with Crippen LogP contribution in [0, 0.1) is 0 Å². The molecule has 6 nitrogen and oxygen atoms in total. The molecule has 166 valence electrons. The summed E-state index contributed by atoms with van der Waals surface area (Å²) in [7, 11) is 0. The van der Waals surface area contributed by atoms with Gasteiger partial charge in [0.15, 0.2) is 11.7 Å². The third-order valence-corrected chi connectivity index (χ3v) is 5.93. The molecule has 0 saturated carbocycles. The van der Waals surface area contributed by atoms with Crippen molar-refractivity contribution in [3.63, 3.8) is 0 Å². The average Bonchev–Trinajstić information content (AvgIpc) is 3.41. The Morgan fingerprint density at radius 1 is 0.735 bits per heavy atom. The first-order chi connectivity index (χ1) is 16.7. The average molecular weight is 446 g/mol. The largest absolute Gasteiger partial charge is 0.409 e. The van der Waals surface area contributed by atoms with Crippen molar-refractivity contribution in [2.45, 2.75) is 5.54 Å². The van der Waals surface area contributed by atoms with Gasteiger partial charge < -0.3 is 10.9 Å². The van der Waals surface area contributed by atoms with Crippen molar-refractivity contribution in [3.8, 4) is 11.4 Å². The highest BCUT2D eigenvalue weighted by Crippen LogP contribution is 2.40. The molecule has 0 atom stereocenters. The van der Waals surface area contributed by atoms with E-state index >= 15 is 0 Å². The summed E-state index contributed by atoms with van der Waals surface area (Å²) in [5.41, 5.74) is 9.62. The van der Waals surface area contributed by atoms with Crippen LogP contribution in [0.1, 0.15) is 22.3 Å². The summed E-state index contributed by atoms with van der Waals surface area (Å²) in [6, 6.07) is 38.2. The van der Waals surface area contributed by atoms with Gasteiger partial charge in [0.1, 0.15) is 11.9 Å². The Hall–Kier alpha value is -4.71. The van der Waals surface area contributed by atoms with E-state index in [2.05, 4.69) is 46.5 Å². The topological polar surface area (TPSA) is 89.3 Å². The molecule has 0 aliphatic rings. The molecule has 0 bridgehead atoms. The van der Waals surface area contributed by atoms with Crippen LogP contribution in [-0.4, -0.2) is 25.8 Å². The maximum atomic E-state index is 9.07. The zero-order valence-corrected chi connectivity index (χ0v) is 18.4. The van der Waals surface area contributed by atoms with Crippen LogP contribution in [0.15, 0.2) is 127 Å². The van der Waals surface area contributed by atoms with Gasteiger partial charge >= 0.3 is 0 Å². The summed E-state index contributed by atoms with van der Waals surface area (Å²) < 4.78 is 1.92. The zero-order valence-electron chi connectivity index (χ0n) is 18.4. The van der Waals surface area contributed by atoms with Gasteiger partial charge in [0.2, 0.25) is 0 Å². The molecule has 6 heteroatoms. The lowest BCUT2D eigenvalue weighted by molar-refractivity contribution is 0.318. The number of benzene rings is 4. The van der Waals surface area contributed by atoms with Gasteiger partial charge in [0, 0.05) is 11.1 Å². The lowest BCUT2D eigenvalue weighted by Crippen LogP contribution is -2.38. The molecule has 0 saturated heterocycles. The lowest BCUT2D eigenvalue weighted by atomic mass is 9.77. The highest BCUT2D eigenvalue weighted by molar-refractivity contribution is 5.97. The van der Waals surface area contributed by atoms with Crippen molar-refractivity contribution >= 4 is 5.84 Å². The third-order valence-electron chi connectivity index (χ3n) is 5.93. The van der Waals surface area contributed by atoms with Gasteiger partial charge in [0.05, 0.1) is 0 Å². The second-order valence-electron chi connectivity index (χ2n) is 7.89. The van der Waals surface area contributed by atoms with E-state index < -0.39 is 5.54 Å². The van der Waals surface area contributed by atoms with Crippen molar-refractivity contribution < 1.29 is 5.21 Å². The number of amidine groups is 1. The molecular formula is C28H23N5O. The molecule has 0 unspecified atom stereocenters. The maximum Gasteiger partial charge on any atom is 0.181 e. The first kappa shape index (κ1) is 21.2. The van der Waals surface area contributed by atoms with Crippen LogP contribution in [0.5, 0.6) is 0 Å². The van der Waals surface area contributed by atoms with Crippen molar-refractivity contribution in [2.24, 2.45) is 10.9 Å². The van der Waals surface area contributed by atoms with Gasteiger partial charge in [-0.15, -0.1) is 5.10 Å². The third kappa shape index (κ3) is 3.61. The summed E-state index contributed by atoms with van der Waals surface area (Å²) in [6.07, 6.45) is 1.76. The monoisotopic (exact) mass is 445 g/mol. The molecule has 34 heavy (non-hydrogen) atoms. The highest BCUT2D eigenvalue weighted by Gasteiger charge is 2.39. The predicted octanol–water partition coefficient (Wildman–Crippen LogP) is 4.88. The summed E-state index contributed by atoms with van der Waals surface area (Å²) >= 11 is 0. The Kier molecular flexibility index (Phi) is 5.62. The van der Waals surface area contributed by atoms with E-state index in [1.807, 2.05) is 77.5 Å². The summed E-state index contributed by atoms with van der Waals surface area (Å²) in [6.45, 7) is 0. The van der Waals surface area contributed by atoms with Gasteiger partial charge in [-0.05, 0) is 22.8 Å². The molecule has 3 N–H and O–H groups in total. The van der Waals surface area contributed by atoms with Crippen LogP contribution in [0.4, 0.5) is 0 Å². The lowest BCUT2D eigenvalue weighted by Gasteiger charge is -2.35. The zero-order chi connectivity index (χ0) is 23.4. The SMILES string of the molecule is NC(=NO)c1cccc(-c2ncn(C(c3ccccc3)(c3ccccc3)c3ccccc3)n2)c1. The van der Waals surface area contributed by atoms with Crippen LogP contribution < -0.4 is 5.73 Å². The first-order valence-corrected chi connectivity index (χ1v) is 10.9. The Balaban J connectivity index is 1.76. The van der Waals surface area contributed by atoms with Gasteiger partial charge in [-0.2, -0.15) is 0 Å². The summed E-state index contributed by atoms with van der Waals surface area (Å²) in [5.74, 6) is 0.577. The highest BCUT2D eigenvalue weighted by atomic mass is 16.4. The van der Waals surface area contributed by atoms with Crippen molar-refractivity contribution in [3.05, 3.63) is 144 Å². The van der Waals surface area contributed by atoms with E-state index in [-0.39, 0.29) is 5.84 Å². The second-order valence-corrected chi connectivity index (χ2v) is 7.89. The molecule has 0 fully saturated rings. The van der Waals surface area contributed by atoms with E-state index in [0.717, 1.165) is 22.3 Å². The molecule has 0 aliphatic heterocycles. The standard InChI is InChI=1S/C28H23N5O/c29-26(32-34)21-11-10-12-22(19-21)27-30-20-33(31-27)28(23-13-4-1-5-14-23,24-15-6-2-7-16-24)25-17-8-3-9-18-25/h1-20,34H,(H2,29,32). The fourth-order valence-corrected chi connectivity index (χ4v) is 4.37. The second kappa shape index (κ2) is 9.03. The summed E-state index contributed by atoms with van der Waals surface area (Å²) in [5, 5.41) is 17.1. The molecule has 1 heterocycles. The molecule has 0 aliphatic carbocycles. The molecule has 0 spiro atoms. The van der Waals surface area contributed by atoms with Crippen LogP contribution in [0.25, 0.3) is 11.4 Å². The molecule has 4 aromatic carbocycles. The smallest absolute Gasteiger partial charge is 0.181 e. The van der Waals surface area contributed by atoms with E-state index in [0.29, 0.717) is 11.4 Å². The molecule has 5 rings (SSSR count). The maximum absolute atomic E-state index is 9.07. The first-order valence-electron chi connectivity index (χ1n) is 10.9. The fraction of sp³-hybridized carbons (Fsp3) is 0.0357. The molecule has 5 aromatic rings. The van der Waals surface area contributed by atoms with Gasteiger partial charge in [-0.3, -0.25) is 0 Å². The normalized spacial score (nSPS) is 11.9. The molecular weight excluding hydrogens is 422 g/mol. The number of hydrogen-bond acceptors (Lipinski definition) is 4. The predicted molar refractivity (Wildman–Crippen MR) is 133 cm³/mol. The van der Waals surface area contributed by atoms with Gasteiger partial charge in [-0.25, -0.2) is 9.67 Å². The van der Waals surface area contributed by atoms with Crippen molar-refractivity contribution in [1.82, 2.24) is 14.8 Å². The molecule has 1 aromatic heterocycles. The van der Waals surface area contributed by atoms with Crippen LogP contribution in [0.2, 0.25) is 0 Å². The van der Waals surface area contributed by atoms with Gasteiger partial charge in [-0.1, -0.05) is 114 Å². The Morgan fingerprint density at radius 2 is 1.26 bits per heavy atom. The quantitative estimate of drug-likeness (QED) is 0.128. The number of aromatic nitrogens is 3. The fourth-order valence-electron chi connectivity index (χ4n) is 4.37.